The molecule has 0 saturated heterocycles. The van der Waals surface area contributed by atoms with Gasteiger partial charge < -0.3 is 14.8 Å². The summed E-state index contributed by atoms with van der Waals surface area (Å²) in [5, 5.41) is 3.82. The van der Waals surface area contributed by atoms with Crippen molar-refractivity contribution in [3.8, 4) is 11.5 Å². The van der Waals surface area contributed by atoms with Gasteiger partial charge in [-0.1, -0.05) is 12.8 Å². The molecule has 0 unspecified atom stereocenters. The summed E-state index contributed by atoms with van der Waals surface area (Å²) in [6.07, 6.45) is 7.70. The Morgan fingerprint density at radius 3 is 1.89 bits per heavy atom. The number of methoxy groups -OCH3 is 2. The lowest BCUT2D eigenvalue weighted by atomic mass is 10.1. The average molecular weight is 261 g/mol. The largest absolute Gasteiger partial charge is 0.493 e. The quantitative estimate of drug-likeness (QED) is 0.904. The highest BCUT2D eigenvalue weighted by molar-refractivity contribution is 5.49. The van der Waals surface area contributed by atoms with E-state index in [0.29, 0.717) is 6.04 Å². The molecule has 0 aromatic heterocycles. The Bertz CT molecular complexity index is 419. The molecule has 1 aromatic rings. The van der Waals surface area contributed by atoms with Crippen LogP contribution in [-0.2, 0) is 12.8 Å². The number of rotatable bonds is 4. The van der Waals surface area contributed by atoms with Gasteiger partial charge in [0, 0.05) is 12.1 Å². The fraction of sp³-hybridized carbons (Fsp3) is 0.625. The fourth-order valence-electron chi connectivity index (χ4n) is 3.49. The van der Waals surface area contributed by atoms with E-state index < -0.39 is 0 Å². The minimum Gasteiger partial charge on any atom is -0.493 e. The Kier molecular flexibility index (Phi) is 3.65. The van der Waals surface area contributed by atoms with Crippen molar-refractivity contribution in [3.05, 3.63) is 23.3 Å². The van der Waals surface area contributed by atoms with Crippen LogP contribution in [0.3, 0.4) is 0 Å². The molecule has 3 rings (SSSR count). The molecule has 1 saturated carbocycles. The molecule has 3 nitrogen and oxygen atoms in total. The Morgan fingerprint density at radius 2 is 1.42 bits per heavy atom. The first-order valence-corrected chi connectivity index (χ1v) is 7.30. The van der Waals surface area contributed by atoms with E-state index >= 15 is 0 Å². The van der Waals surface area contributed by atoms with Crippen LogP contribution in [0, 0.1) is 0 Å². The normalized spacial score (nSPS) is 19.7. The predicted molar refractivity (Wildman–Crippen MR) is 76.1 cm³/mol. The summed E-state index contributed by atoms with van der Waals surface area (Å²) in [7, 11) is 3.40. The molecular formula is C16H23NO2. The first kappa shape index (κ1) is 12.8. The summed E-state index contributed by atoms with van der Waals surface area (Å²) < 4.78 is 10.8. The van der Waals surface area contributed by atoms with Crippen LogP contribution in [0.2, 0.25) is 0 Å². The maximum atomic E-state index is 5.38. The lowest BCUT2D eigenvalue weighted by Crippen LogP contribution is -2.37. The minimum absolute atomic E-state index is 0.593. The van der Waals surface area contributed by atoms with Crippen LogP contribution < -0.4 is 14.8 Å². The van der Waals surface area contributed by atoms with E-state index in [4.69, 9.17) is 9.47 Å². The van der Waals surface area contributed by atoms with Crippen LogP contribution >= 0.6 is 0 Å². The zero-order chi connectivity index (χ0) is 13.2. The van der Waals surface area contributed by atoms with E-state index in [1.165, 1.54) is 36.8 Å². The standard InChI is InChI=1S/C16H23NO2/c1-18-15-9-11-7-14(17-13-5-3-4-6-13)8-12(11)10-16(15)19-2/h9-10,13-14,17H,3-8H2,1-2H3. The summed E-state index contributed by atoms with van der Waals surface area (Å²) in [4.78, 5) is 0. The van der Waals surface area contributed by atoms with Crippen molar-refractivity contribution < 1.29 is 9.47 Å². The smallest absolute Gasteiger partial charge is 0.161 e. The van der Waals surface area contributed by atoms with Gasteiger partial charge in [-0.25, -0.2) is 0 Å². The number of benzene rings is 1. The topological polar surface area (TPSA) is 30.5 Å². The molecule has 2 aliphatic rings. The summed E-state index contributed by atoms with van der Waals surface area (Å²) in [5.41, 5.74) is 2.82. The lowest BCUT2D eigenvalue weighted by Gasteiger charge is -2.17. The van der Waals surface area contributed by atoms with E-state index in [0.717, 1.165) is 30.4 Å². The third-order valence-corrected chi connectivity index (χ3v) is 4.46. The Morgan fingerprint density at radius 1 is 0.895 bits per heavy atom. The van der Waals surface area contributed by atoms with Gasteiger partial charge >= 0.3 is 0 Å². The molecule has 104 valence electrons. The zero-order valence-electron chi connectivity index (χ0n) is 11.9. The van der Waals surface area contributed by atoms with Gasteiger partial charge in [-0.05, 0) is 48.9 Å². The highest BCUT2D eigenvalue weighted by atomic mass is 16.5. The van der Waals surface area contributed by atoms with Crippen molar-refractivity contribution in [1.29, 1.82) is 0 Å². The molecule has 19 heavy (non-hydrogen) atoms. The molecule has 2 aliphatic carbocycles. The number of nitrogens with one attached hydrogen (secondary N) is 1. The van der Waals surface area contributed by atoms with E-state index in [9.17, 15) is 0 Å². The Hall–Kier alpha value is -1.22. The molecule has 1 fully saturated rings. The van der Waals surface area contributed by atoms with Gasteiger partial charge in [0.1, 0.15) is 0 Å². The van der Waals surface area contributed by atoms with E-state index in [1.54, 1.807) is 14.2 Å². The second-order valence-electron chi connectivity index (χ2n) is 5.73. The summed E-state index contributed by atoms with van der Waals surface area (Å²) in [6.45, 7) is 0. The van der Waals surface area contributed by atoms with Crippen molar-refractivity contribution in [2.45, 2.75) is 50.6 Å². The van der Waals surface area contributed by atoms with Gasteiger partial charge in [0.15, 0.2) is 11.5 Å². The van der Waals surface area contributed by atoms with Crippen LogP contribution in [0.5, 0.6) is 11.5 Å². The van der Waals surface area contributed by atoms with Crippen LogP contribution in [-0.4, -0.2) is 26.3 Å². The van der Waals surface area contributed by atoms with Crippen molar-refractivity contribution in [2.75, 3.05) is 14.2 Å². The second-order valence-corrected chi connectivity index (χ2v) is 5.73. The number of ether oxygens (including phenoxy) is 2. The molecule has 0 radical (unpaired) electrons. The fourth-order valence-corrected chi connectivity index (χ4v) is 3.49. The molecule has 0 bridgehead atoms. The molecule has 3 heteroatoms. The van der Waals surface area contributed by atoms with Gasteiger partial charge in [-0.3, -0.25) is 0 Å². The molecule has 1 aromatic carbocycles. The number of hydrogen-bond acceptors (Lipinski definition) is 3. The van der Waals surface area contributed by atoms with Crippen molar-refractivity contribution in [3.63, 3.8) is 0 Å². The van der Waals surface area contributed by atoms with Crippen molar-refractivity contribution >= 4 is 0 Å². The third kappa shape index (κ3) is 2.57. The van der Waals surface area contributed by atoms with Crippen LogP contribution in [0.1, 0.15) is 36.8 Å². The molecule has 1 N–H and O–H groups in total. The number of hydrogen-bond donors (Lipinski definition) is 1. The van der Waals surface area contributed by atoms with Gasteiger partial charge in [-0.15, -0.1) is 0 Å². The van der Waals surface area contributed by atoms with Crippen molar-refractivity contribution in [2.24, 2.45) is 0 Å². The summed E-state index contributed by atoms with van der Waals surface area (Å²) in [5.74, 6) is 1.70. The van der Waals surface area contributed by atoms with Crippen LogP contribution in [0.25, 0.3) is 0 Å². The summed E-state index contributed by atoms with van der Waals surface area (Å²) >= 11 is 0. The second kappa shape index (κ2) is 5.41. The van der Waals surface area contributed by atoms with Crippen LogP contribution in [0.4, 0.5) is 0 Å². The Labute approximate surface area is 115 Å². The number of fused-ring (bicyclic) bond motifs is 1. The van der Waals surface area contributed by atoms with E-state index in [1.807, 2.05) is 0 Å². The molecule has 0 spiro atoms. The van der Waals surface area contributed by atoms with Gasteiger partial charge in [-0.2, -0.15) is 0 Å². The Balaban J connectivity index is 1.72. The maximum absolute atomic E-state index is 5.38. The van der Waals surface area contributed by atoms with E-state index in [-0.39, 0.29) is 0 Å². The highest BCUT2D eigenvalue weighted by Crippen LogP contribution is 2.35. The monoisotopic (exact) mass is 261 g/mol. The SMILES string of the molecule is COc1cc2c(cc1OC)CC(NC1CCCC1)C2. The van der Waals surface area contributed by atoms with Crippen molar-refractivity contribution in [1.82, 2.24) is 5.32 Å². The predicted octanol–water partition coefficient (Wildman–Crippen LogP) is 2.70. The average Bonchev–Trinajstić information content (AvgIpc) is 3.05. The minimum atomic E-state index is 0.593. The van der Waals surface area contributed by atoms with E-state index in [2.05, 4.69) is 17.4 Å². The maximum Gasteiger partial charge on any atom is 0.161 e. The molecule has 0 aliphatic heterocycles. The zero-order valence-corrected chi connectivity index (χ0v) is 11.9. The first-order chi connectivity index (χ1) is 9.30. The van der Waals surface area contributed by atoms with Gasteiger partial charge in [0.25, 0.3) is 0 Å². The lowest BCUT2D eigenvalue weighted by molar-refractivity contribution is 0.354. The van der Waals surface area contributed by atoms with Gasteiger partial charge in [0.2, 0.25) is 0 Å². The van der Waals surface area contributed by atoms with Crippen LogP contribution in [0.15, 0.2) is 12.1 Å². The molecule has 0 heterocycles. The highest BCUT2D eigenvalue weighted by Gasteiger charge is 2.26. The summed E-state index contributed by atoms with van der Waals surface area (Å²) in [6, 6.07) is 5.62. The van der Waals surface area contributed by atoms with Gasteiger partial charge in [0.05, 0.1) is 14.2 Å². The molecular weight excluding hydrogens is 238 g/mol. The molecule has 0 atom stereocenters. The molecule has 0 amide bonds. The third-order valence-electron chi connectivity index (χ3n) is 4.46. The first-order valence-electron chi connectivity index (χ1n) is 7.30.